The van der Waals surface area contributed by atoms with Gasteiger partial charge in [0.1, 0.15) is 0 Å². The quantitative estimate of drug-likeness (QED) is 0.784. The number of aliphatic hydroxyl groups excluding tert-OH is 1. The first-order valence-electron chi connectivity index (χ1n) is 3.53. The molecule has 12 heavy (non-hydrogen) atoms. The Kier molecular flexibility index (Phi) is 2.69. The molecule has 1 aromatic heterocycles. The third-order valence-electron chi connectivity index (χ3n) is 1.76. The summed E-state index contributed by atoms with van der Waals surface area (Å²) in [5, 5.41) is 8.88. The van der Waals surface area contributed by atoms with Gasteiger partial charge in [-0.05, 0) is 22.0 Å². The topological polar surface area (TPSA) is 42.2 Å². The molecule has 0 aliphatic heterocycles. The van der Waals surface area contributed by atoms with Gasteiger partial charge in [-0.3, -0.25) is 4.79 Å². The SMILES string of the molecule is CC(=O)c1cc(CO)c(Br)n1C. The molecule has 0 radical (unpaired) electrons. The highest BCUT2D eigenvalue weighted by Gasteiger charge is 2.11. The number of carbonyl (C=O) groups excluding carboxylic acids is 1. The molecule has 0 fully saturated rings. The van der Waals surface area contributed by atoms with E-state index >= 15 is 0 Å². The normalized spacial score (nSPS) is 10.3. The number of aliphatic hydroxyl groups is 1. The summed E-state index contributed by atoms with van der Waals surface area (Å²) in [5.74, 6) is -0.00194. The Bertz CT molecular complexity index is 317. The maximum atomic E-state index is 11.0. The van der Waals surface area contributed by atoms with Crippen LogP contribution in [-0.4, -0.2) is 15.5 Å². The van der Waals surface area contributed by atoms with Crippen LogP contribution in [0.4, 0.5) is 0 Å². The van der Waals surface area contributed by atoms with Gasteiger partial charge in [-0.25, -0.2) is 0 Å². The molecule has 1 N–H and O–H groups in total. The lowest BCUT2D eigenvalue weighted by atomic mass is 10.3. The smallest absolute Gasteiger partial charge is 0.176 e. The zero-order valence-electron chi connectivity index (χ0n) is 6.97. The average Bonchev–Trinajstić information content (AvgIpc) is 2.30. The Morgan fingerprint density at radius 3 is 2.58 bits per heavy atom. The lowest BCUT2D eigenvalue weighted by molar-refractivity contribution is 0.101. The third-order valence-corrected chi connectivity index (χ3v) is 2.80. The van der Waals surface area contributed by atoms with Gasteiger partial charge >= 0.3 is 0 Å². The fourth-order valence-corrected chi connectivity index (χ4v) is 1.52. The summed E-state index contributed by atoms with van der Waals surface area (Å²) >= 11 is 3.28. The third kappa shape index (κ3) is 1.44. The molecule has 0 amide bonds. The van der Waals surface area contributed by atoms with Crippen molar-refractivity contribution in [3.8, 4) is 0 Å². The van der Waals surface area contributed by atoms with Crippen LogP contribution in [0.25, 0.3) is 0 Å². The molecular weight excluding hydrogens is 222 g/mol. The molecular formula is C8H10BrNO2. The van der Waals surface area contributed by atoms with E-state index < -0.39 is 0 Å². The van der Waals surface area contributed by atoms with E-state index in [4.69, 9.17) is 5.11 Å². The Morgan fingerprint density at radius 2 is 2.33 bits per heavy atom. The van der Waals surface area contributed by atoms with E-state index in [2.05, 4.69) is 15.9 Å². The molecule has 0 unspecified atom stereocenters. The molecule has 1 heterocycles. The van der Waals surface area contributed by atoms with E-state index in [-0.39, 0.29) is 12.4 Å². The van der Waals surface area contributed by atoms with Gasteiger partial charge in [0, 0.05) is 19.5 Å². The number of rotatable bonds is 2. The summed E-state index contributed by atoms with van der Waals surface area (Å²) in [6.45, 7) is 1.45. The Balaban J connectivity index is 3.25. The van der Waals surface area contributed by atoms with Crippen molar-refractivity contribution in [3.63, 3.8) is 0 Å². The van der Waals surface area contributed by atoms with E-state index in [0.717, 1.165) is 10.2 Å². The minimum atomic E-state index is -0.0539. The first-order valence-corrected chi connectivity index (χ1v) is 4.33. The van der Waals surface area contributed by atoms with E-state index in [1.165, 1.54) is 6.92 Å². The minimum absolute atomic E-state index is 0.00194. The van der Waals surface area contributed by atoms with Gasteiger partial charge in [0.15, 0.2) is 5.78 Å². The van der Waals surface area contributed by atoms with E-state index in [1.807, 2.05) is 0 Å². The number of aromatic nitrogens is 1. The number of nitrogens with zero attached hydrogens (tertiary/aromatic N) is 1. The first kappa shape index (κ1) is 9.48. The predicted molar refractivity (Wildman–Crippen MR) is 49.0 cm³/mol. The molecule has 1 aromatic rings. The van der Waals surface area contributed by atoms with Gasteiger partial charge in [0.25, 0.3) is 0 Å². The van der Waals surface area contributed by atoms with Crippen molar-refractivity contribution in [1.82, 2.24) is 4.57 Å². The van der Waals surface area contributed by atoms with Gasteiger partial charge < -0.3 is 9.67 Å². The van der Waals surface area contributed by atoms with Crippen LogP contribution in [-0.2, 0) is 13.7 Å². The number of Topliss-reactive ketones (excluding diaryl/α,β-unsaturated/α-hetero) is 1. The van der Waals surface area contributed by atoms with Gasteiger partial charge in [-0.15, -0.1) is 0 Å². The van der Waals surface area contributed by atoms with Crippen molar-refractivity contribution < 1.29 is 9.90 Å². The molecule has 0 spiro atoms. The second-order valence-electron chi connectivity index (χ2n) is 2.62. The average molecular weight is 232 g/mol. The zero-order valence-corrected chi connectivity index (χ0v) is 8.55. The maximum Gasteiger partial charge on any atom is 0.176 e. The molecule has 66 valence electrons. The number of hydrogen-bond donors (Lipinski definition) is 1. The van der Waals surface area contributed by atoms with Crippen LogP contribution in [0, 0.1) is 0 Å². The molecule has 0 aromatic carbocycles. The summed E-state index contributed by atoms with van der Waals surface area (Å²) in [7, 11) is 1.78. The predicted octanol–water partition coefficient (Wildman–Crippen LogP) is 1.48. The standard InChI is InChI=1S/C8H10BrNO2/c1-5(12)7-3-6(4-11)8(9)10(7)2/h3,11H,4H2,1-2H3. The van der Waals surface area contributed by atoms with Crippen molar-refractivity contribution in [1.29, 1.82) is 0 Å². The zero-order chi connectivity index (χ0) is 9.30. The van der Waals surface area contributed by atoms with Crippen molar-refractivity contribution in [2.75, 3.05) is 0 Å². The highest BCUT2D eigenvalue weighted by atomic mass is 79.9. The van der Waals surface area contributed by atoms with Crippen molar-refractivity contribution >= 4 is 21.7 Å². The van der Waals surface area contributed by atoms with Crippen molar-refractivity contribution in [2.45, 2.75) is 13.5 Å². The number of halogens is 1. The van der Waals surface area contributed by atoms with Crippen molar-refractivity contribution in [2.24, 2.45) is 7.05 Å². The second-order valence-corrected chi connectivity index (χ2v) is 3.37. The maximum absolute atomic E-state index is 11.0. The van der Waals surface area contributed by atoms with Crippen LogP contribution >= 0.6 is 15.9 Å². The van der Waals surface area contributed by atoms with Crippen LogP contribution in [0.2, 0.25) is 0 Å². The summed E-state index contributed by atoms with van der Waals surface area (Å²) in [6, 6.07) is 1.69. The summed E-state index contributed by atoms with van der Waals surface area (Å²) in [5.41, 5.74) is 1.34. The Hall–Kier alpha value is -0.610. The highest BCUT2D eigenvalue weighted by molar-refractivity contribution is 9.10. The van der Waals surface area contributed by atoms with Crippen LogP contribution < -0.4 is 0 Å². The Labute approximate surface area is 79.1 Å². The van der Waals surface area contributed by atoms with Crippen LogP contribution in [0.15, 0.2) is 10.7 Å². The molecule has 0 bridgehead atoms. The monoisotopic (exact) mass is 231 g/mol. The number of hydrogen-bond acceptors (Lipinski definition) is 2. The molecule has 0 aliphatic carbocycles. The number of carbonyl (C=O) groups is 1. The van der Waals surface area contributed by atoms with Gasteiger partial charge in [0.2, 0.25) is 0 Å². The fourth-order valence-electron chi connectivity index (χ4n) is 1.09. The van der Waals surface area contributed by atoms with E-state index in [9.17, 15) is 4.79 Å². The fraction of sp³-hybridized carbons (Fsp3) is 0.375. The summed E-state index contributed by atoms with van der Waals surface area (Å²) < 4.78 is 2.48. The molecule has 1 rings (SSSR count). The van der Waals surface area contributed by atoms with E-state index in [1.54, 1.807) is 17.7 Å². The summed E-state index contributed by atoms with van der Waals surface area (Å²) in [4.78, 5) is 11.0. The lowest BCUT2D eigenvalue weighted by Crippen LogP contribution is -2.00. The molecule has 0 atom stereocenters. The number of ketones is 1. The van der Waals surface area contributed by atoms with Crippen LogP contribution in [0.5, 0.6) is 0 Å². The van der Waals surface area contributed by atoms with Gasteiger partial charge in [0.05, 0.1) is 16.9 Å². The van der Waals surface area contributed by atoms with Crippen LogP contribution in [0.3, 0.4) is 0 Å². The Morgan fingerprint density at radius 1 is 1.75 bits per heavy atom. The summed E-state index contributed by atoms with van der Waals surface area (Å²) in [6.07, 6.45) is 0. The molecule has 3 nitrogen and oxygen atoms in total. The minimum Gasteiger partial charge on any atom is -0.392 e. The van der Waals surface area contributed by atoms with Crippen LogP contribution in [0.1, 0.15) is 23.0 Å². The first-order chi connectivity index (χ1) is 5.57. The van der Waals surface area contributed by atoms with Crippen molar-refractivity contribution in [3.05, 3.63) is 21.9 Å². The molecule has 0 saturated heterocycles. The molecule has 0 saturated carbocycles. The second kappa shape index (κ2) is 3.41. The van der Waals surface area contributed by atoms with Gasteiger partial charge in [-0.2, -0.15) is 0 Å². The van der Waals surface area contributed by atoms with E-state index in [0.29, 0.717) is 5.69 Å². The largest absolute Gasteiger partial charge is 0.392 e. The van der Waals surface area contributed by atoms with Gasteiger partial charge in [-0.1, -0.05) is 0 Å². The lowest BCUT2D eigenvalue weighted by Gasteiger charge is -1.98. The molecule has 4 heteroatoms. The highest BCUT2D eigenvalue weighted by Crippen LogP contribution is 2.21. The molecule has 0 aliphatic rings.